The fourth-order valence-corrected chi connectivity index (χ4v) is 4.93. The molecule has 4 heteroatoms. The number of hydrogen-bond donors (Lipinski definition) is 3. The SMILES string of the molecule is NCCC(CCSCCCCCCNO)C(c1ccccc1)c1ccccc1. The minimum Gasteiger partial charge on any atom is -0.330 e. The number of thioether (sulfide) groups is 1. The number of nitrogens with two attached hydrogens (primary N) is 1. The van der Waals surface area contributed by atoms with Crippen LogP contribution in [0.2, 0.25) is 0 Å². The third kappa shape index (κ3) is 8.36. The lowest BCUT2D eigenvalue weighted by Crippen LogP contribution is -2.19. The van der Waals surface area contributed by atoms with Crippen molar-refractivity contribution in [2.45, 2.75) is 44.4 Å². The summed E-state index contributed by atoms with van der Waals surface area (Å²) in [7, 11) is 0. The lowest BCUT2D eigenvalue weighted by Gasteiger charge is -2.28. The van der Waals surface area contributed by atoms with Crippen LogP contribution < -0.4 is 11.2 Å². The van der Waals surface area contributed by atoms with Crippen LogP contribution >= 0.6 is 11.8 Å². The third-order valence-corrected chi connectivity index (χ3v) is 6.39. The van der Waals surface area contributed by atoms with Gasteiger partial charge >= 0.3 is 0 Å². The quantitative estimate of drug-likeness (QED) is 0.275. The molecule has 0 aliphatic rings. The van der Waals surface area contributed by atoms with E-state index in [9.17, 15) is 0 Å². The van der Waals surface area contributed by atoms with Gasteiger partial charge in [0.1, 0.15) is 0 Å². The van der Waals surface area contributed by atoms with E-state index in [0.29, 0.717) is 18.4 Å². The molecule has 4 N–H and O–H groups in total. The molecule has 2 aromatic rings. The van der Waals surface area contributed by atoms with Crippen molar-refractivity contribution in [3.8, 4) is 0 Å². The van der Waals surface area contributed by atoms with Crippen LogP contribution in [0.3, 0.4) is 0 Å². The Morgan fingerprint density at radius 2 is 1.39 bits per heavy atom. The van der Waals surface area contributed by atoms with Gasteiger partial charge in [0, 0.05) is 12.5 Å². The second-order valence-electron chi connectivity index (χ2n) is 7.36. The van der Waals surface area contributed by atoms with Crippen LogP contribution in [0, 0.1) is 5.92 Å². The predicted octanol–water partition coefficient (Wildman–Crippen LogP) is 5.45. The molecule has 0 aliphatic heterocycles. The molecular formula is C24H36N2OS. The minimum atomic E-state index is 0.414. The maximum atomic E-state index is 8.58. The van der Waals surface area contributed by atoms with Crippen molar-refractivity contribution in [1.29, 1.82) is 0 Å². The van der Waals surface area contributed by atoms with Crippen LogP contribution in [-0.2, 0) is 0 Å². The zero-order chi connectivity index (χ0) is 19.9. The van der Waals surface area contributed by atoms with Gasteiger partial charge in [-0.15, -0.1) is 0 Å². The van der Waals surface area contributed by atoms with E-state index >= 15 is 0 Å². The Bertz CT molecular complexity index is 569. The van der Waals surface area contributed by atoms with Gasteiger partial charge in [-0.2, -0.15) is 11.8 Å². The molecule has 2 aromatic carbocycles. The second-order valence-corrected chi connectivity index (χ2v) is 8.58. The molecule has 0 spiro atoms. The monoisotopic (exact) mass is 400 g/mol. The van der Waals surface area contributed by atoms with E-state index in [1.54, 1.807) is 0 Å². The normalized spacial score (nSPS) is 12.4. The number of unbranched alkanes of at least 4 members (excludes halogenated alkanes) is 3. The number of hydrogen-bond acceptors (Lipinski definition) is 4. The Hall–Kier alpha value is -1.33. The highest BCUT2D eigenvalue weighted by molar-refractivity contribution is 7.99. The molecule has 0 radical (unpaired) electrons. The highest BCUT2D eigenvalue weighted by atomic mass is 32.2. The summed E-state index contributed by atoms with van der Waals surface area (Å²) in [6, 6.07) is 21.8. The van der Waals surface area contributed by atoms with E-state index in [4.69, 9.17) is 10.9 Å². The zero-order valence-electron chi connectivity index (χ0n) is 16.9. The van der Waals surface area contributed by atoms with Crippen molar-refractivity contribution in [3.63, 3.8) is 0 Å². The van der Waals surface area contributed by atoms with Gasteiger partial charge < -0.3 is 10.9 Å². The molecule has 154 valence electrons. The van der Waals surface area contributed by atoms with Crippen molar-refractivity contribution in [2.24, 2.45) is 11.7 Å². The van der Waals surface area contributed by atoms with Gasteiger partial charge in [-0.1, -0.05) is 73.5 Å². The average molecular weight is 401 g/mol. The largest absolute Gasteiger partial charge is 0.330 e. The standard InChI is InChI=1S/C24H36N2OS/c25-17-15-23(16-20-28-19-10-2-1-9-18-26-27)24(21-11-5-3-6-12-21)22-13-7-4-8-14-22/h3-8,11-14,23-24,26-27H,1-2,9-10,15-20,25H2. The average Bonchev–Trinajstić information content (AvgIpc) is 2.74. The molecule has 0 heterocycles. The van der Waals surface area contributed by atoms with E-state index in [2.05, 4.69) is 77.9 Å². The third-order valence-electron chi connectivity index (χ3n) is 5.29. The van der Waals surface area contributed by atoms with Crippen molar-refractivity contribution >= 4 is 11.8 Å². The number of benzene rings is 2. The second kappa shape index (κ2) is 14.6. The van der Waals surface area contributed by atoms with Crippen LogP contribution in [0.4, 0.5) is 0 Å². The molecule has 1 unspecified atom stereocenters. The summed E-state index contributed by atoms with van der Waals surface area (Å²) in [5, 5.41) is 8.58. The molecule has 1 atom stereocenters. The fourth-order valence-electron chi connectivity index (χ4n) is 3.85. The summed E-state index contributed by atoms with van der Waals surface area (Å²) in [5.74, 6) is 3.40. The predicted molar refractivity (Wildman–Crippen MR) is 122 cm³/mol. The van der Waals surface area contributed by atoms with E-state index in [1.807, 2.05) is 0 Å². The smallest absolute Gasteiger partial charge is 0.0207 e. The summed E-state index contributed by atoms with van der Waals surface area (Å²) >= 11 is 2.07. The Balaban J connectivity index is 1.89. The maximum absolute atomic E-state index is 8.58. The molecule has 0 aromatic heterocycles. The maximum Gasteiger partial charge on any atom is 0.0207 e. The van der Waals surface area contributed by atoms with Gasteiger partial charge in [0.15, 0.2) is 0 Å². The Kier molecular flexibility index (Phi) is 12.0. The first-order valence-electron chi connectivity index (χ1n) is 10.6. The lowest BCUT2D eigenvalue weighted by atomic mass is 9.78. The minimum absolute atomic E-state index is 0.414. The van der Waals surface area contributed by atoms with Gasteiger partial charge in [0.05, 0.1) is 0 Å². The first-order valence-corrected chi connectivity index (χ1v) is 11.8. The molecule has 2 rings (SSSR count). The zero-order valence-corrected chi connectivity index (χ0v) is 17.7. The fraction of sp³-hybridized carbons (Fsp3) is 0.500. The molecule has 28 heavy (non-hydrogen) atoms. The highest BCUT2D eigenvalue weighted by Gasteiger charge is 2.24. The Labute approximate surface area is 175 Å². The van der Waals surface area contributed by atoms with E-state index < -0.39 is 0 Å². The van der Waals surface area contributed by atoms with Gasteiger partial charge in [0.25, 0.3) is 0 Å². The topological polar surface area (TPSA) is 58.3 Å². The summed E-state index contributed by atoms with van der Waals surface area (Å²) in [6.07, 6.45) is 7.01. The number of hydroxylamine groups is 1. The van der Waals surface area contributed by atoms with Crippen molar-refractivity contribution in [2.75, 3.05) is 24.6 Å². The van der Waals surface area contributed by atoms with E-state index in [-0.39, 0.29) is 0 Å². The molecular weight excluding hydrogens is 364 g/mol. The van der Waals surface area contributed by atoms with Crippen molar-refractivity contribution < 1.29 is 5.21 Å². The Morgan fingerprint density at radius 3 is 1.96 bits per heavy atom. The van der Waals surface area contributed by atoms with Crippen LogP contribution in [0.5, 0.6) is 0 Å². The molecule has 0 saturated heterocycles. The summed E-state index contributed by atoms with van der Waals surface area (Å²) in [6.45, 7) is 1.44. The molecule has 0 saturated carbocycles. The van der Waals surface area contributed by atoms with E-state index in [0.717, 1.165) is 19.4 Å². The molecule has 0 bridgehead atoms. The molecule has 0 amide bonds. The van der Waals surface area contributed by atoms with Crippen molar-refractivity contribution in [1.82, 2.24) is 5.48 Å². The summed E-state index contributed by atoms with van der Waals surface area (Å²) < 4.78 is 0. The van der Waals surface area contributed by atoms with Crippen LogP contribution in [0.25, 0.3) is 0 Å². The van der Waals surface area contributed by atoms with Gasteiger partial charge in [-0.05, 0) is 60.8 Å². The molecule has 0 aliphatic carbocycles. The van der Waals surface area contributed by atoms with Gasteiger partial charge in [0.2, 0.25) is 0 Å². The number of nitrogens with one attached hydrogen (secondary N) is 1. The van der Waals surface area contributed by atoms with Crippen LogP contribution in [-0.4, -0.2) is 29.8 Å². The molecule has 3 nitrogen and oxygen atoms in total. The molecule has 0 fully saturated rings. The number of rotatable bonds is 15. The first-order chi connectivity index (χ1) is 13.9. The van der Waals surface area contributed by atoms with Crippen LogP contribution in [0.15, 0.2) is 60.7 Å². The lowest BCUT2D eigenvalue weighted by molar-refractivity contribution is 0.164. The Morgan fingerprint density at radius 1 is 0.786 bits per heavy atom. The summed E-state index contributed by atoms with van der Waals surface area (Å²) in [4.78, 5) is 0. The summed E-state index contributed by atoms with van der Waals surface area (Å²) in [5.41, 5.74) is 11.0. The van der Waals surface area contributed by atoms with E-state index in [1.165, 1.54) is 48.3 Å². The highest BCUT2D eigenvalue weighted by Crippen LogP contribution is 2.36. The van der Waals surface area contributed by atoms with Gasteiger partial charge in [-0.25, -0.2) is 5.48 Å². The van der Waals surface area contributed by atoms with Gasteiger partial charge in [-0.3, -0.25) is 0 Å². The van der Waals surface area contributed by atoms with Crippen LogP contribution in [0.1, 0.15) is 55.6 Å². The first kappa shape index (κ1) is 23.0. The van der Waals surface area contributed by atoms with Crippen molar-refractivity contribution in [3.05, 3.63) is 71.8 Å².